The smallest absolute Gasteiger partial charge is 0.425 e. The third-order valence-corrected chi connectivity index (χ3v) is 6.97. The molecule has 1 atom stereocenters. The number of hydrogen-bond donors (Lipinski definition) is 1. The van der Waals surface area contributed by atoms with Crippen molar-refractivity contribution in [2.75, 3.05) is 13.7 Å². The molecule has 0 saturated carbocycles. The lowest BCUT2D eigenvalue weighted by Gasteiger charge is -2.33. The van der Waals surface area contributed by atoms with Crippen LogP contribution < -0.4 is 14.8 Å². The zero-order valence-electron chi connectivity index (χ0n) is 23.6. The van der Waals surface area contributed by atoms with E-state index in [2.05, 4.69) is 0 Å². The summed E-state index contributed by atoms with van der Waals surface area (Å²) in [5.41, 5.74) is -4.06. The van der Waals surface area contributed by atoms with E-state index >= 15 is 13.2 Å². The second-order valence-corrected chi connectivity index (χ2v) is 10.1. The van der Waals surface area contributed by atoms with Gasteiger partial charge in [-0.1, -0.05) is 42.5 Å². The van der Waals surface area contributed by atoms with E-state index in [9.17, 15) is 14.4 Å². The first-order valence-electron chi connectivity index (χ1n) is 13.3. The maximum atomic E-state index is 15.2. The van der Waals surface area contributed by atoms with E-state index < -0.39 is 34.9 Å². The minimum atomic E-state index is -5.35. The van der Waals surface area contributed by atoms with Gasteiger partial charge in [-0.2, -0.15) is 13.2 Å². The molecule has 0 aliphatic carbocycles. The molecule has 2 amide bonds. The fourth-order valence-corrected chi connectivity index (χ4v) is 4.89. The largest absolute Gasteiger partial charge is 0.497 e. The first-order chi connectivity index (χ1) is 19.9. The highest BCUT2D eigenvalue weighted by Crippen LogP contribution is 2.46. The predicted molar refractivity (Wildman–Crippen MR) is 150 cm³/mol. The number of methoxy groups -OCH3 is 1. The maximum Gasteiger partial charge on any atom is 0.425 e. The lowest BCUT2D eigenvalue weighted by molar-refractivity contribution is -0.189. The summed E-state index contributed by atoms with van der Waals surface area (Å²) in [6.45, 7) is 4.75. The molecule has 220 valence electrons. The van der Waals surface area contributed by atoms with Crippen LogP contribution in [0, 0.1) is 0 Å². The van der Waals surface area contributed by atoms with E-state index in [1.165, 1.54) is 62.6 Å². The molecule has 0 saturated heterocycles. The molecule has 7 nitrogen and oxygen atoms in total. The molecule has 3 aromatic rings. The maximum absolute atomic E-state index is 15.2. The summed E-state index contributed by atoms with van der Waals surface area (Å²) in [5.74, 6) is -2.60. The summed E-state index contributed by atoms with van der Waals surface area (Å²) < 4.78 is 56.2. The van der Waals surface area contributed by atoms with Gasteiger partial charge in [0, 0.05) is 23.4 Å². The highest BCUT2D eigenvalue weighted by atomic mass is 19.4. The zero-order valence-corrected chi connectivity index (χ0v) is 23.6. The van der Waals surface area contributed by atoms with Crippen LogP contribution in [0.1, 0.15) is 47.1 Å². The quantitative estimate of drug-likeness (QED) is 0.309. The predicted octanol–water partition coefficient (Wildman–Crippen LogP) is 5.76. The number of amides is 2. The number of benzene rings is 3. The molecule has 1 N–H and O–H groups in total. The number of nitrogens with one attached hydrogen (secondary N) is 1. The van der Waals surface area contributed by atoms with Crippen LogP contribution in [0.4, 0.5) is 13.2 Å². The Morgan fingerprint density at radius 1 is 0.905 bits per heavy atom. The lowest BCUT2D eigenvalue weighted by atomic mass is 9.84. The van der Waals surface area contributed by atoms with Crippen molar-refractivity contribution >= 4 is 17.6 Å². The SMILES string of the molecule is COc1ccc(CCN2C(=O)[C@@](NC(=O)c3ccc(OC(C)C)cc3)(C(F)(F)F)C(C(=O)c3ccccc3)=C2C)cc1. The van der Waals surface area contributed by atoms with E-state index in [4.69, 9.17) is 9.47 Å². The summed E-state index contributed by atoms with van der Waals surface area (Å²) >= 11 is 0. The van der Waals surface area contributed by atoms with E-state index in [0.29, 0.717) is 11.5 Å². The van der Waals surface area contributed by atoms with Crippen LogP contribution in [0.3, 0.4) is 0 Å². The number of alkyl halides is 3. The number of Topliss-reactive ketones (excluding diaryl/α,β-unsaturated/α-hetero) is 1. The Labute approximate surface area is 241 Å². The molecule has 0 aromatic heterocycles. The molecule has 1 aliphatic heterocycles. The molecule has 10 heteroatoms. The molecule has 42 heavy (non-hydrogen) atoms. The molecule has 0 fully saturated rings. The first kappa shape index (κ1) is 30.4. The molecule has 0 bridgehead atoms. The van der Waals surface area contributed by atoms with Crippen LogP contribution in [0.15, 0.2) is 90.1 Å². The minimum Gasteiger partial charge on any atom is -0.497 e. The third kappa shape index (κ3) is 5.88. The van der Waals surface area contributed by atoms with Crippen molar-refractivity contribution < 1.29 is 37.0 Å². The summed E-state index contributed by atoms with van der Waals surface area (Å²) in [7, 11) is 1.51. The van der Waals surface area contributed by atoms with E-state index in [0.717, 1.165) is 10.5 Å². The first-order valence-corrected chi connectivity index (χ1v) is 13.3. The molecule has 3 aromatic carbocycles. The highest BCUT2D eigenvalue weighted by molar-refractivity contribution is 6.19. The number of carbonyl (C=O) groups is 3. The van der Waals surface area contributed by atoms with Crippen LogP contribution in [0.2, 0.25) is 0 Å². The number of rotatable bonds is 10. The van der Waals surface area contributed by atoms with Crippen molar-refractivity contribution in [3.8, 4) is 11.5 Å². The number of halogens is 3. The molecule has 1 aliphatic rings. The van der Waals surface area contributed by atoms with Crippen LogP contribution in [-0.2, 0) is 11.2 Å². The van der Waals surface area contributed by atoms with Crippen molar-refractivity contribution in [2.24, 2.45) is 0 Å². The second kappa shape index (κ2) is 12.1. The molecular formula is C32H31F3N2O5. The van der Waals surface area contributed by atoms with Gasteiger partial charge in [0.15, 0.2) is 5.78 Å². The number of ketones is 1. The number of ether oxygens (including phenoxy) is 2. The second-order valence-electron chi connectivity index (χ2n) is 10.1. The van der Waals surface area contributed by atoms with Gasteiger partial charge in [-0.25, -0.2) is 0 Å². The fraction of sp³-hybridized carbons (Fsp3) is 0.281. The lowest BCUT2D eigenvalue weighted by Crippen LogP contribution is -2.66. The van der Waals surface area contributed by atoms with E-state index in [1.54, 1.807) is 44.2 Å². The van der Waals surface area contributed by atoms with Crippen molar-refractivity contribution in [1.82, 2.24) is 10.2 Å². The summed E-state index contributed by atoms with van der Waals surface area (Å²) in [5, 5.41) is 1.94. The summed E-state index contributed by atoms with van der Waals surface area (Å²) in [4.78, 5) is 41.8. The van der Waals surface area contributed by atoms with Gasteiger partial charge in [-0.05, 0) is 69.2 Å². The average molecular weight is 581 g/mol. The number of allylic oxidation sites excluding steroid dienone is 1. The molecule has 0 radical (unpaired) electrons. The van der Waals surface area contributed by atoms with Gasteiger partial charge in [0.05, 0.1) is 18.8 Å². The normalized spacial score (nSPS) is 17.0. The monoisotopic (exact) mass is 580 g/mol. The van der Waals surface area contributed by atoms with Crippen LogP contribution in [-0.4, -0.2) is 54.0 Å². The zero-order chi connectivity index (χ0) is 30.7. The molecule has 4 rings (SSSR count). The van der Waals surface area contributed by atoms with Gasteiger partial charge in [0.2, 0.25) is 5.54 Å². The number of nitrogens with zero attached hydrogens (tertiary/aromatic N) is 1. The Morgan fingerprint density at radius 2 is 1.50 bits per heavy atom. The highest BCUT2D eigenvalue weighted by Gasteiger charge is 2.70. The Morgan fingerprint density at radius 3 is 2.05 bits per heavy atom. The van der Waals surface area contributed by atoms with Crippen LogP contribution >= 0.6 is 0 Å². The molecule has 1 heterocycles. The Kier molecular flexibility index (Phi) is 8.75. The van der Waals surface area contributed by atoms with Crippen molar-refractivity contribution in [3.63, 3.8) is 0 Å². The van der Waals surface area contributed by atoms with Crippen LogP contribution in [0.5, 0.6) is 11.5 Å². The van der Waals surface area contributed by atoms with Crippen molar-refractivity contribution in [1.29, 1.82) is 0 Å². The van der Waals surface area contributed by atoms with Gasteiger partial charge in [-0.3, -0.25) is 14.4 Å². The van der Waals surface area contributed by atoms with Crippen LogP contribution in [0.25, 0.3) is 0 Å². The fourth-order valence-electron chi connectivity index (χ4n) is 4.89. The van der Waals surface area contributed by atoms with E-state index in [1.807, 2.05) is 5.32 Å². The van der Waals surface area contributed by atoms with Crippen molar-refractivity contribution in [3.05, 3.63) is 107 Å². The van der Waals surface area contributed by atoms with E-state index in [-0.39, 0.29) is 35.9 Å². The summed E-state index contributed by atoms with van der Waals surface area (Å²) in [6, 6.07) is 19.7. The number of carbonyl (C=O) groups excluding carboxylic acids is 3. The summed E-state index contributed by atoms with van der Waals surface area (Å²) in [6.07, 6.45) is -5.31. The molecule has 0 spiro atoms. The topological polar surface area (TPSA) is 84.9 Å². The van der Waals surface area contributed by atoms with Crippen molar-refractivity contribution in [2.45, 2.75) is 45.0 Å². The minimum absolute atomic E-state index is 0.0466. The van der Waals surface area contributed by atoms with Gasteiger partial charge in [0.25, 0.3) is 11.8 Å². The third-order valence-electron chi connectivity index (χ3n) is 6.97. The van der Waals surface area contributed by atoms with Gasteiger partial charge in [0.1, 0.15) is 11.5 Å². The Balaban J connectivity index is 1.76. The van der Waals surface area contributed by atoms with Gasteiger partial charge in [-0.15, -0.1) is 0 Å². The Bertz CT molecular complexity index is 1480. The Hall–Kier alpha value is -4.60. The van der Waals surface area contributed by atoms with Gasteiger partial charge >= 0.3 is 6.18 Å². The standard InChI is InChI=1S/C32H31F3N2O5/c1-20(2)42-26-16-12-24(13-17-26)29(39)36-31(32(33,34)35)27(28(38)23-8-6-5-7-9-23)21(3)37(30(31)40)19-18-22-10-14-25(41-4)15-11-22/h5-17,20H,18-19H2,1-4H3,(H,36,39)/t31-/m1/s1. The number of hydrogen-bond acceptors (Lipinski definition) is 5. The average Bonchev–Trinajstić information content (AvgIpc) is 3.18. The molecule has 0 unspecified atom stereocenters. The molecular weight excluding hydrogens is 549 g/mol. The van der Waals surface area contributed by atoms with Gasteiger partial charge < -0.3 is 19.7 Å².